The highest BCUT2D eigenvalue weighted by atomic mass is 16.5. The van der Waals surface area contributed by atoms with Gasteiger partial charge in [-0.25, -0.2) is 9.97 Å². The highest BCUT2D eigenvalue weighted by molar-refractivity contribution is 5.91. The van der Waals surface area contributed by atoms with Gasteiger partial charge in [0.25, 0.3) is 0 Å². The number of rotatable bonds is 9. The zero-order valence-corrected chi connectivity index (χ0v) is 15.6. The van der Waals surface area contributed by atoms with Crippen molar-refractivity contribution < 1.29 is 14.3 Å². The number of nitrogens with one attached hydrogen (secondary N) is 2. The molecule has 3 aromatic rings. The maximum Gasteiger partial charge on any atom is 0.250 e. The molecule has 1 amide bonds. The minimum Gasteiger partial charge on any atom is -0.382 e. The number of hydrogen-bond donors (Lipinski definition) is 2. The number of amides is 1. The van der Waals surface area contributed by atoms with Gasteiger partial charge in [-0.3, -0.25) is 4.79 Å². The maximum absolute atomic E-state index is 11.8. The Balaban J connectivity index is 1.57. The Morgan fingerprint density at radius 3 is 2.46 bits per heavy atom. The molecule has 7 heteroatoms. The van der Waals surface area contributed by atoms with E-state index in [4.69, 9.17) is 9.47 Å². The molecular weight excluding hydrogens is 356 g/mol. The Morgan fingerprint density at radius 1 is 0.964 bits per heavy atom. The van der Waals surface area contributed by atoms with Crippen LogP contribution in [0.1, 0.15) is 0 Å². The third-order valence-corrected chi connectivity index (χ3v) is 3.84. The summed E-state index contributed by atoms with van der Waals surface area (Å²) in [5.41, 5.74) is 3.42. The molecule has 0 saturated heterocycles. The molecule has 0 saturated carbocycles. The number of hydrogen-bond acceptors (Lipinski definition) is 6. The number of carbonyl (C=O) groups excluding carboxylic acids is 1. The Hall–Kier alpha value is -3.29. The van der Waals surface area contributed by atoms with Gasteiger partial charge in [-0.15, -0.1) is 0 Å². The Morgan fingerprint density at radius 2 is 1.71 bits per heavy atom. The van der Waals surface area contributed by atoms with Crippen LogP contribution in [0.3, 0.4) is 0 Å². The molecule has 0 aliphatic carbocycles. The summed E-state index contributed by atoms with van der Waals surface area (Å²) in [5, 5.41) is 6.02. The number of methoxy groups -OCH3 is 1. The molecule has 0 radical (unpaired) electrons. The van der Waals surface area contributed by atoms with E-state index in [1.54, 1.807) is 7.11 Å². The second-order valence-electron chi connectivity index (χ2n) is 5.95. The Bertz CT molecular complexity index is 886. The molecule has 0 spiro atoms. The normalized spacial score (nSPS) is 10.5. The predicted molar refractivity (Wildman–Crippen MR) is 109 cm³/mol. The van der Waals surface area contributed by atoms with Crippen molar-refractivity contribution in [3.63, 3.8) is 0 Å². The molecule has 1 heterocycles. The molecule has 2 aromatic carbocycles. The second-order valence-corrected chi connectivity index (χ2v) is 5.95. The van der Waals surface area contributed by atoms with E-state index in [1.165, 1.54) is 6.33 Å². The van der Waals surface area contributed by atoms with Crippen LogP contribution >= 0.6 is 0 Å². The van der Waals surface area contributed by atoms with E-state index in [1.807, 2.05) is 60.7 Å². The first-order chi connectivity index (χ1) is 13.7. The average molecular weight is 378 g/mol. The lowest BCUT2D eigenvalue weighted by Crippen LogP contribution is -2.19. The number of nitrogens with zero attached hydrogens (tertiary/aromatic N) is 2. The fraction of sp³-hybridized carbons (Fsp3) is 0.190. The summed E-state index contributed by atoms with van der Waals surface area (Å²) in [5.74, 6) is 0.484. The number of anilines is 3. The van der Waals surface area contributed by atoms with Gasteiger partial charge in [-0.1, -0.05) is 30.3 Å². The minimum atomic E-state index is -0.208. The van der Waals surface area contributed by atoms with Gasteiger partial charge in [0.05, 0.1) is 18.9 Å². The molecule has 1 aromatic heterocycles. The first kappa shape index (κ1) is 19.5. The first-order valence-corrected chi connectivity index (χ1v) is 8.85. The largest absolute Gasteiger partial charge is 0.382 e. The van der Waals surface area contributed by atoms with Gasteiger partial charge in [0, 0.05) is 30.1 Å². The van der Waals surface area contributed by atoms with Crippen molar-refractivity contribution >= 4 is 23.1 Å². The van der Waals surface area contributed by atoms with Crippen molar-refractivity contribution in [1.29, 1.82) is 0 Å². The standard InChI is InChI=1S/C21H22N4O3/c1-27-11-12-28-14-21(26)25-18-9-7-17(8-10-18)24-20-13-19(22-15-23-20)16-5-3-2-4-6-16/h2-10,13,15H,11-12,14H2,1H3,(H,25,26)(H,22,23,24). The SMILES string of the molecule is COCCOCC(=O)Nc1ccc(Nc2cc(-c3ccccc3)ncn2)cc1. The van der Waals surface area contributed by atoms with Crippen molar-refractivity contribution in [1.82, 2.24) is 9.97 Å². The molecule has 0 aliphatic heterocycles. The lowest BCUT2D eigenvalue weighted by atomic mass is 10.1. The molecule has 2 N–H and O–H groups in total. The van der Waals surface area contributed by atoms with Crippen LogP contribution in [0, 0.1) is 0 Å². The highest BCUT2D eigenvalue weighted by Crippen LogP contribution is 2.21. The fourth-order valence-electron chi connectivity index (χ4n) is 2.48. The maximum atomic E-state index is 11.8. The first-order valence-electron chi connectivity index (χ1n) is 8.85. The number of benzene rings is 2. The summed E-state index contributed by atoms with van der Waals surface area (Å²) >= 11 is 0. The lowest BCUT2D eigenvalue weighted by Gasteiger charge is -2.09. The third-order valence-electron chi connectivity index (χ3n) is 3.84. The van der Waals surface area contributed by atoms with Gasteiger partial charge >= 0.3 is 0 Å². The molecule has 144 valence electrons. The molecular formula is C21H22N4O3. The zero-order valence-electron chi connectivity index (χ0n) is 15.6. The van der Waals surface area contributed by atoms with Crippen molar-refractivity contribution in [3.8, 4) is 11.3 Å². The van der Waals surface area contributed by atoms with Crippen LogP contribution in [0.5, 0.6) is 0 Å². The fourth-order valence-corrected chi connectivity index (χ4v) is 2.48. The molecule has 0 bridgehead atoms. The smallest absolute Gasteiger partial charge is 0.250 e. The second kappa shape index (κ2) is 10.1. The summed E-state index contributed by atoms with van der Waals surface area (Å²) in [4.78, 5) is 20.4. The molecule has 7 nitrogen and oxygen atoms in total. The van der Waals surface area contributed by atoms with Gasteiger partial charge in [0.2, 0.25) is 5.91 Å². The van der Waals surface area contributed by atoms with Crippen LogP contribution in [0.2, 0.25) is 0 Å². The van der Waals surface area contributed by atoms with E-state index in [-0.39, 0.29) is 12.5 Å². The van der Waals surface area contributed by atoms with Crippen molar-refractivity contribution in [2.45, 2.75) is 0 Å². The topological polar surface area (TPSA) is 85.4 Å². The number of ether oxygens (including phenoxy) is 2. The van der Waals surface area contributed by atoms with Crippen LogP contribution in [0.15, 0.2) is 67.0 Å². The van der Waals surface area contributed by atoms with Gasteiger partial charge in [0.15, 0.2) is 0 Å². The average Bonchev–Trinajstić information content (AvgIpc) is 2.74. The summed E-state index contributed by atoms with van der Waals surface area (Å²) < 4.78 is 10.1. The van der Waals surface area contributed by atoms with Crippen LogP contribution in [-0.2, 0) is 14.3 Å². The summed E-state index contributed by atoms with van der Waals surface area (Å²) in [6, 6.07) is 19.2. The van der Waals surface area contributed by atoms with Crippen LogP contribution in [-0.4, -0.2) is 42.8 Å². The van der Waals surface area contributed by atoms with Gasteiger partial charge < -0.3 is 20.1 Å². The number of aromatic nitrogens is 2. The molecule has 28 heavy (non-hydrogen) atoms. The molecule has 0 unspecified atom stereocenters. The van der Waals surface area contributed by atoms with E-state index in [2.05, 4.69) is 20.6 Å². The van der Waals surface area contributed by atoms with Crippen LogP contribution in [0.25, 0.3) is 11.3 Å². The van der Waals surface area contributed by atoms with Gasteiger partial charge in [-0.05, 0) is 24.3 Å². The van der Waals surface area contributed by atoms with E-state index in [0.29, 0.717) is 24.7 Å². The van der Waals surface area contributed by atoms with Gasteiger partial charge in [-0.2, -0.15) is 0 Å². The van der Waals surface area contributed by atoms with Crippen LogP contribution in [0.4, 0.5) is 17.2 Å². The van der Waals surface area contributed by atoms with Crippen LogP contribution < -0.4 is 10.6 Å². The van der Waals surface area contributed by atoms with Crippen molar-refractivity contribution in [2.75, 3.05) is 37.6 Å². The molecule has 0 fully saturated rings. The van der Waals surface area contributed by atoms with Crippen molar-refractivity contribution in [2.24, 2.45) is 0 Å². The monoisotopic (exact) mass is 378 g/mol. The quantitative estimate of drug-likeness (QED) is 0.555. The van der Waals surface area contributed by atoms with Crippen molar-refractivity contribution in [3.05, 3.63) is 67.0 Å². The van der Waals surface area contributed by atoms with E-state index < -0.39 is 0 Å². The summed E-state index contributed by atoms with van der Waals surface area (Å²) in [6.45, 7) is 0.839. The molecule has 3 rings (SSSR count). The summed E-state index contributed by atoms with van der Waals surface area (Å²) in [7, 11) is 1.59. The molecule has 0 aliphatic rings. The zero-order chi connectivity index (χ0) is 19.6. The Labute approximate surface area is 163 Å². The minimum absolute atomic E-state index is 0.00738. The summed E-state index contributed by atoms with van der Waals surface area (Å²) in [6.07, 6.45) is 1.53. The highest BCUT2D eigenvalue weighted by Gasteiger charge is 2.04. The Kier molecular flexibility index (Phi) is 7.06. The third kappa shape index (κ3) is 5.87. The van der Waals surface area contributed by atoms with E-state index in [9.17, 15) is 4.79 Å². The van der Waals surface area contributed by atoms with E-state index in [0.717, 1.165) is 16.9 Å². The number of carbonyl (C=O) groups is 1. The lowest BCUT2D eigenvalue weighted by molar-refractivity contribution is -0.121. The molecule has 0 atom stereocenters. The van der Waals surface area contributed by atoms with Gasteiger partial charge in [0.1, 0.15) is 18.8 Å². The predicted octanol–water partition coefficient (Wildman–Crippen LogP) is 3.49. The van der Waals surface area contributed by atoms with E-state index >= 15 is 0 Å².